The highest BCUT2D eigenvalue weighted by Gasteiger charge is 2.38. The number of nitrogens with zero attached hydrogens (tertiary/aromatic N) is 1. The number of piperidine rings is 1. The average Bonchev–Trinajstić information content (AvgIpc) is 2.66. The zero-order valence-corrected chi connectivity index (χ0v) is 8.29. The molecule has 0 aromatic heterocycles. The van der Waals surface area contributed by atoms with Crippen molar-refractivity contribution in [2.75, 3.05) is 6.54 Å². The van der Waals surface area contributed by atoms with Crippen LogP contribution in [0.25, 0.3) is 0 Å². The molecule has 0 radical (unpaired) electrons. The van der Waals surface area contributed by atoms with E-state index in [1.54, 1.807) is 0 Å². The fraction of sp³-hybridized carbons (Fsp3) is 0.727. The summed E-state index contributed by atoms with van der Waals surface area (Å²) >= 11 is 0. The molecular weight excluding hydrogens is 178 g/mol. The number of allylic oxidation sites excluding steroid dienone is 1. The third-order valence-corrected chi connectivity index (χ3v) is 3.41. The van der Waals surface area contributed by atoms with E-state index in [2.05, 4.69) is 0 Å². The molecule has 2 heterocycles. The lowest BCUT2D eigenvalue weighted by atomic mass is 10.1. The first-order valence-electron chi connectivity index (χ1n) is 5.56. The second-order valence-electron chi connectivity index (χ2n) is 4.32. The average molecular weight is 193 g/mol. The predicted molar refractivity (Wildman–Crippen MR) is 51.3 cm³/mol. The maximum Gasteiger partial charge on any atom is 0.256 e. The first-order valence-corrected chi connectivity index (χ1v) is 5.56. The molecule has 3 nitrogen and oxygen atoms in total. The van der Waals surface area contributed by atoms with Crippen LogP contribution in [-0.2, 0) is 9.53 Å². The molecular formula is C11H15NO2. The molecule has 0 spiro atoms. The van der Waals surface area contributed by atoms with Crippen molar-refractivity contribution >= 4 is 5.91 Å². The van der Waals surface area contributed by atoms with E-state index in [4.69, 9.17) is 4.74 Å². The molecule has 1 saturated heterocycles. The summed E-state index contributed by atoms with van der Waals surface area (Å²) in [7, 11) is 0. The second kappa shape index (κ2) is 3.01. The van der Waals surface area contributed by atoms with Crippen LogP contribution in [-0.4, -0.2) is 23.6 Å². The van der Waals surface area contributed by atoms with Crippen LogP contribution in [0.5, 0.6) is 0 Å². The molecule has 1 amide bonds. The molecule has 1 aliphatic carbocycles. The quantitative estimate of drug-likeness (QED) is 0.587. The minimum absolute atomic E-state index is 0.0631. The summed E-state index contributed by atoms with van der Waals surface area (Å²) in [5.74, 6) is 1.26. The Morgan fingerprint density at radius 3 is 3.07 bits per heavy atom. The van der Waals surface area contributed by atoms with Gasteiger partial charge in [-0.2, -0.15) is 0 Å². The number of amides is 1. The van der Waals surface area contributed by atoms with E-state index in [-0.39, 0.29) is 12.1 Å². The van der Waals surface area contributed by atoms with Gasteiger partial charge in [-0.3, -0.25) is 4.79 Å². The van der Waals surface area contributed by atoms with Gasteiger partial charge in [-0.15, -0.1) is 0 Å². The van der Waals surface area contributed by atoms with Gasteiger partial charge in [0.15, 0.2) is 6.23 Å². The summed E-state index contributed by atoms with van der Waals surface area (Å²) in [6, 6.07) is 0. The molecule has 3 aliphatic rings. The number of carbonyl (C=O) groups is 1. The zero-order valence-electron chi connectivity index (χ0n) is 8.29. The summed E-state index contributed by atoms with van der Waals surface area (Å²) < 4.78 is 5.87. The van der Waals surface area contributed by atoms with E-state index in [0.29, 0.717) is 0 Å². The maximum absolute atomic E-state index is 12.0. The molecule has 14 heavy (non-hydrogen) atoms. The lowest BCUT2D eigenvalue weighted by molar-refractivity contribution is -0.147. The van der Waals surface area contributed by atoms with Crippen molar-refractivity contribution < 1.29 is 9.53 Å². The smallest absolute Gasteiger partial charge is 0.256 e. The number of fused-ring (bicyclic) bond motifs is 1. The normalized spacial score (nSPS) is 31.3. The van der Waals surface area contributed by atoms with E-state index in [1.165, 1.54) is 6.42 Å². The van der Waals surface area contributed by atoms with Gasteiger partial charge < -0.3 is 9.64 Å². The van der Waals surface area contributed by atoms with Crippen molar-refractivity contribution in [2.24, 2.45) is 0 Å². The van der Waals surface area contributed by atoms with Crippen molar-refractivity contribution in [2.45, 2.75) is 44.8 Å². The van der Waals surface area contributed by atoms with Crippen molar-refractivity contribution in [3.05, 3.63) is 11.3 Å². The van der Waals surface area contributed by atoms with Crippen LogP contribution in [0.15, 0.2) is 11.3 Å². The summed E-state index contributed by atoms with van der Waals surface area (Å²) in [6.45, 7) is 0.889. The molecule has 1 atom stereocenters. The topological polar surface area (TPSA) is 29.5 Å². The van der Waals surface area contributed by atoms with Crippen LogP contribution in [0.1, 0.15) is 38.5 Å². The third-order valence-electron chi connectivity index (χ3n) is 3.41. The Balaban J connectivity index is 1.92. The molecule has 0 aromatic rings. The first-order chi connectivity index (χ1) is 6.86. The minimum Gasteiger partial charge on any atom is -0.474 e. The van der Waals surface area contributed by atoms with Gasteiger partial charge in [-0.1, -0.05) is 0 Å². The van der Waals surface area contributed by atoms with Gasteiger partial charge in [0, 0.05) is 19.4 Å². The molecule has 3 rings (SSSR count). The highest BCUT2D eigenvalue weighted by Crippen LogP contribution is 2.36. The predicted octanol–water partition coefficient (Wildman–Crippen LogP) is 1.79. The molecule has 0 bridgehead atoms. The Morgan fingerprint density at radius 2 is 2.14 bits per heavy atom. The molecule has 76 valence electrons. The standard InChI is InChI=1S/C11H15NO2/c13-11-8-4-3-5-9(8)14-10-6-1-2-7-12(10)11/h10H,1-7H2. The molecule has 0 N–H and O–H groups in total. The minimum atomic E-state index is 0.0631. The fourth-order valence-electron chi connectivity index (χ4n) is 2.67. The van der Waals surface area contributed by atoms with E-state index in [1.807, 2.05) is 4.90 Å². The lowest BCUT2D eigenvalue weighted by Crippen LogP contribution is -2.48. The number of carbonyl (C=O) groups excluding carboxylic acids is 1. The Hall–Kier alpha value is -0.990. The molecule has 0 aromatic carbocycles. The van der Waals surface area contributed by atoms with Gasteiger partial charge in [0.2, 0.25) is 0 Å². The van der Waals surface area contributed by atoms with Gasteiger partial charge in [0.05, 0.1) is 5.57 Å². The van der Waals surface area contributed by atoms with Gasteiger partial charge >= 0.3 is 0 Å². The van der Waals surface area contributed by atoms with Crippen LogP contribution >= 0.6 is 0 Å². The molecule has 3 heteroatoms. The van der Waals surface area contributed by atoms with Crippen molar-refractivity contribution in [3.8, 4) is 0 Å². The van der Waals surface area contributed by atoms with Crippen LogP contribution in [0.4, 0.5) is 0 Å². The summed E-state index contributed by atoms with van der Waals surface area (Å²) in [4.78, 5) is 14.0. The van der Waals surface area contributed by atoms with Crippen molar-refractivity contribution in [3.63, 3.8) is 0 Å². The Morgan fingerprint density at radius 1 is 1.21 bits per heavy atom. The second-order valence-corrected chi connectivity index (χ2v) is 4.32. The summed E-state index contributed by atoms with van der Waals surface area (Å²) in [6.07, 6.45) is 6.40. The van der Waals surface area contributed by atoms with Gasteiger partial charge in [-0.25, -0.2) is 0 Å². The largest absolute Gasteiger partial charge is 0.474 e. The molecule has 1 fully saturated rings. The van der Waals surface area contributed by atoms with Crippen LogP contribution in [0, 0.1) is 0 Å². The number of hydrogen-bond acceptors (Lipinski definition) is 2. The SMILES string of the molecule is O=C1C2=C(CCC2)OC2CCCCN12. The van der Waals surface area contributed by atoms with Crippen molar-refractivity contribution in [1.82, 2.24) is 4.90 Å². The highest BCUT2D eigenvalue weighted by molar-refractivity contribution is 5.95. The van der Waals surface area contributed by atoms with Crippen LogP contribution < -0.4 is 0 Å². The Labute approximate surface area is 83.7 Å². The molecule has 0 saturated carbocycles. The molecule has 2 aliphatic heterocycles. The van der Waals surface area contributed by atoms with Crippen LogP contribution in [0.2, 0.25) is 0 Å². The van der Waals surface area contributed by atoms with E-state index >= 15 is 0 Å². The Kier molecular flexibility index (Phi) is 1.79. The number of hydrogen-bond donors (Lipinski definition) is 0. The fourth-order valence-corrected chi connectivity index (χ4v) is 2.67. The van der Waals surface area contributed by atoms with Crippen LogP contribution in [0.3, 0.4) is 0 Å². The third kappa shape index (κ3) is 1.08. The molecule has 1 unspecified atom stereocenters. The highest BCUT2D eigenvalue weighted by atomic mass is 16.5. The lowest BCUT2D eigenvalue weighted by Gasteiger charge is -2.39. The monoisotopic (exact) mass is 193 g/mol. The van der Waals surface area contributed by atoms with E-state index < -0.39 is 0 Å². The van der Waals surface area contributed by atoms with Gasteiger partial charge in [0.1, 0.15) is 5.76 Å². The first kappa shape index (κ1) is 8.33. The van der Waals surface area contributed by atoms with Gasteiger partial charge in [-0.05, 0) is 25.7 Å². The Bertz CT molecular complexity index is 308. The number of ether oxygens (including phenoxy) is 1. The summed E-state index contributed by atoms with van der Waals surface area (Å²) in [5.41, 5.74) is 0.961. The van der Waals surface area contributed by atoms with Crippen molar-refractivity contribution in [1.29, 1.82) is 0 Å². The van der Waals surface area contributed by atoms with E-state index in [0.717, 1.165) is 50.0 Å². The van der Waals surface area contributed by atoms with Gasteiger partial charge in [0.25, 0.3) is 5.91 Å². The summed E-state index contributed by atoms with van der Waals surface area (Å²) in [5, 5.41) is 0. The maximum atomic E-state index is 12.0. The zero-order chi connectivity index (χ0) is 9.54. The number of rotatable bonds is 0. The van der Waals surface area contributed by atoms with E-state index in [9.17, 15) is 4.79 Å².